The summed E-state index contributed by atoms with van der Waals surface area (Å²) in [7, 11) is 0. The molecular weight excluding hydrogens is 297 g/mol. The molecule has 0 saturated heterocycles. The van der Waals surface area contributed by atoms with E-state index in [1.54, 1.807) is 0 Å². The molecule has 0 atom stereocenters. The molecule has 0 aromatic heterocycles. The van der Waals surface area contributed by atoms with E-state index in [2.05, 4.69) is 25.1 Å². The second-order valence-corrected chi connectivity index (χ2v) is 1.76. The first-order chi connectivity index (χ1) is 3.93. The zero-order valence-electron chi connectivity index (χ0n) is 5.72. The van der Waals surface area contributed by atoms with Gasteiger partial charge < -0.3 is 0 Å². The largest absolute Gasteiger partial charge is 0.0613 e. The van der Waals surface area contributed by atoms with Crippen molar-refractivity contribution in [2.45, 2.75) is 13.3 Å². The van der Waals surface area contributed by atoms with Crippen molar-refractivity contribution < 1.29 is 27.7 Å². The molecule has 0 N–H and O–H groups in total. The van der Waals surface area contributed by atoms with E-state index in [1.165, 1.54) is 5.56 Å². The molecule has 0 heterocycles. The fraction of sp³-hybridized carbons (Fsp3) is 0.250. The van der Waals surface area contributed by atoms with Gasteiger partial charge in [0.05, 0.1) is 0 Å². The van der Waals surface area contributed by atoms with Gasteiger partial charge in [-0.15, -0.1) is 0 Å². The fourth-order valence-electron chi connectivity index (χ4n) is 0.657. The average molecular weight is 306 g/mol. The fourth-order valence-corrected chi connectivity index (χ4v) is 0.657. The Bertz CT molecular complexity index is 146. The first-order valence-electron chi connectivity index (χ1n) is 2.88. The normalized spacial score (nSPS) is 8.11. The predicted molar refractivity (Wildman–Crippen MR) is 34.7 cm³/mol. The van der Waals surface area contributed by atoms with Gasteiger partial charge in [-0.05, 0) is 18.1 Å². The standard InChI is InChI=1S/C8H9.Hg/c1-2-8-6-4-3-5-7-8;/h4-7H,2H2,1H3;. The van der Waals surface area contributed by atoms with Crippen LogP contribution in [0, 0.1) is 6.07 Å². The van der Waals surface area contributed by atoms with Gasteiger partial charge in [0.15, 0.2) is 0 Å². The Hall–Kier alpha value is 0.155. The zero-order valence-corrected chi connectivity index (χ0v) is 11.2. The molecule has 0 spiro atoms. The van der Waals surface area contributed by atoms with E-state index >= 15 is 0 Å². The summed E-state index contributed by atoms with van der Waals surface area (Å²) in [5, 5.41) is 0. The van der Waals surface area contributed by atoms with Crippen molar-refractivity contribution in [1.82, 2.24) is 0 Å². The number of rotatable bonds is 1. The molecule has 0 fully saturated rings. The summed E-state index contributed by atoms with van der Waals surface area (Å²) in [6.07, 6.45) is 1.12. The Balaban J connectivity index is 0.000000640. The van der Waals surface area contributed by atoms with E-state index in [-0.39, 0.29) is 27.7 Å². The van der Waals surface area contributed by atoms with Crippen molar-refractivity contribution >= 4 is 0 Å². The number of benzene rings is 1. The Labute approximate surface area is 76.8 Å². The Morgan fingerprint density at radius 3 is 2.22 bits per heavy atom. The summed E-state index contributed by atoms with van der Waals surface area (Å²) in [5.41, 5.74) is 1.38. The van der Waals surface area contributed by atoms with Crippen LogP contribution in [0.4, 0.5) is 0 Å². The molecule has 43 valence electrons. The van der Waals surface area contributed by atoms with Gasteiger partial charge >= 0.3 is 0 Å². The number of hydrogen-bond acceptors (Lipinski definition) is 0. The smallest absolute Gasteiger partial charge is 0 e. The van der Waals surface area contributed by atoms with Gasteiger partial charge in [0, 0.05) is 27.7 Å². The van der Waals surface area contributed by atoms with Gasteiger partial charge in [0.25, 0.3) is 0 Å². The third kappa shape index (κ3) is 3.00. The van der Waals surface area contributed by atoms with E-state index in [0.717, 1.165) is 6.42 Å². The quantitative estimate of drug-likeness (QED) is 0.697. The molecule has 0 aliphatic carbocycles. The van der Waals surface area contributed by atoms with E-state index < -0.39 is 0 Å². The second-order valence-electron chi connectivity index (χ2n) is 1.76. The zero-order chi connectivity index (χ0) is 5.82. The molecular formula is C8H9Hg. The molecule has 9 heavy (non-hydrogen) atoms. The molecule has 0 aliphatic heterocycles. The number of aryl methyl sites for hydroxylation is 1. The van der Waals surface area contributed by atoms with Crippen LogP contribution in [0.3, 0.4) is 0 Å². The molecule has 0 amide bonds. The second kappa shape index (κ2) is 4.98. The van der Waals surface area contributed by atoms with E-state index in [0.29, 0.717) is 0 Å². The summed E-state index contributed by atoms with van der Waals surface area (Å²) in [6, 6.07) is 11.0. The molecule has 0 bridgehead atoms. The Morgan fingerprint density at radius 2 is 1.89 bits per heavy atom. The Kier molecular flexibility index (Phi) is 5.07. The minimum atomic E-state index is 0. The number of hydrogen-bond donors (Lipinski definition) is 0. The van der Waals surface area contributed by atoms with E-state index in [9.17, 15) is 0 Å². The van der Waals surface area contributed by atoms with Crippen LogP contribution in [0.2, 0.25) is 0 Å². The molecule has 1 aromatic rings. The van der Waals surface area contributed by atoms with Crippen LogP contribution in [-0.4, -0.2) is 0 Å². The maximum absolute atomic E-state index is 2.97. The van der Waals surface area contributed by atoms with Crippen LogP contribution in [0.1, 0.15) is 12.5 Å². The van der Waals surface area contributed by atoms with Gasteiger partial charge in [0.1, 0.15) is 0 Å². The monoisotopic (exact) mass is 307 g/mol. The third-order valence-corrected chi connectivity index (χ3v) is 1.20. The minimum Gasteiger partial charge on any atom is -0.0613 e. The maximum Gasteiger partial charge on any atom is 0 e. The molecule has 1 heteroatoms. The molecule has 0 aliphatic rings. The summed E-state index contributed by atoms with van der Waals surface area (Å²) in [6.45, 7) is 2.15. The molecule has 0 saturated carbocycles. The molecule has 0 nitrogen and oxygen atoms in total. The van der Waals surface area contributed by atoms with Crippen LogP contribution in [0.15, 0.2) is 24.3 Å². The van der Waals surface area contributed by atoms with Gasteiger partial charge in [-0.3, -0.25) is 0 Å². The Morgan fingerprint density at radius 1 is 1.33 bits per heavy atom. The average Bonchev–Trinajstić information content (AvgIpc) is 1.90. The first-order valence-corrected chi connectivity index (χ1v) is 2.88. The van der Waals surface area contributed by atoms with Crippen molar-refractivity contribution in [3.63, 3.8) is 0 Å². The third-order valence-electron chi connectivity index (χ3n) is 1.20. The van der Waals surface area contributed by atoms with E-state index in [1.807, 2.05) is 12.1 Å². The van der Waals surface area contributed by atoms with Crippen molar-refractivity contribution in [2.75, 3.05) is 0 Å². The molecule has 1 radical (unpaired) electrons. The molecule has 1 rings (SSSR count). The maximum atomic E-state index is 2.97. The predicted octanol–water partition coefficient (Wildman–Crippen LogP) is 2.05. The van der Waals surface area contributed by atoms with Crippen LogP contribution in [0.5, 0.6) is 0 Å². The minimum absolute atomic E-state index is 0. The summed E-state index contributed by atoms with van der Waals surface area (Å²) >= 11 is 0. The molecule has 1 aromatic carbocycles. The van der Waals surface area contributed by atoms with Crippen molar-refractivity contribution in [3.05, 3.63) is 35.9 Å². The summed E-state index contributed by atoms with van der Waals surface area (Å²) < 4.78 is 0. The SMILES string of the molecule is CCc1cc[c]cc1.[Hg]. The van der Waals surface area contributed by atoms with Crippen molar-refractivity contribution in [1.29, 1.82) is 0 Å². The summed E-state index contributed by atoms with van der Waals surface area (Å²) in [4.78, 5) is 0. The van der Waals surface area contributed by atoms with E-state index in [4.69, 9.17) is 0 Å². The first kappa shape index (κ1) is 9.16. The van der Waals surface area contributed by atoms with Crippen LogP contribution < -0.4 is 0 Å². The van der Waals surface area contributed by atoms with Gasteiger partial charge in [-0.25, -0.2) is 0 Å². The van der Waals surface area contributed by atoms with Crippen LogP contribution in [0.25, 0.3) is 0 Å². The van der Waals surface area contributed by atoms with Crippen LogP contribution >= 0.6 is 0 Å². The molecule has 0 unspecified atom stereocenters. The van der Waals surface area contributed by atoms with Gasteiger partial charge in [-0.1, -0.05) is 31.2 Å². The van der Waals surface area contributed by atoms with Gasteiger partial charge in [0.2, 0.25) is 0 Å². The van der Waals surface area contributed by atoms with Gasteiger partial charge in [-0.2, -0.15) is 0 Å². The van der Waals surface area contributed by atoms with Crippen LogP contribution in [-0.2, 0) is 34.1 Å². The summed E-state index contributed by atoms with van der Waals surface area (Å²) in [5.74, 6) is 0. The van der Waals surface area contributed by atoms with Crippen molar-refractivity contribution in [2.24, 2.45) is 0 Å². The topological polar surface area (TPSA) is 0 Å². The van der Waals surface area contributed by atoms with Crippen molar-refractivity contribution in [3.8, 4) is 0 Å².